The lowest BCUT2D eigenvalue weighted by atomic mass is 10.0. The molecule has 3 nitrogen and oxygen atoms in total. The topological polar surface area (TPSA) is 52.3 Å². The van der Waals surface area contributed by atoms with Gasteiger partial charge in [-0.25, -0.2) is 0 Å². The highest BCUT2D eigenvalue weighted by Gasteiger charge is 2.29. The molecule has 4 heteroatoms. The van der Waals surface area contributed by atoms with Crippen LogP contribution < -0.4 is 5.73 Å². The third kappa shape index (κ3) is 5.30. The third-order valence-corrected chi connectivity index (χ3v) is 4.54. The zero-order chi connectivity index (χ0) is 12.7. The van der Waals surface area contributed by atoms with Crippen LogP contribution in [0.15, 0.2) is 0 Å². The predicted octanol–water partition coefficient (Wildman–Crippen LogP) is 2.58. The molecule has 1 atom stereocenters. The molecule has 0 aromatic carbocycles. The first kappa shape index (κ1) is 14.8. The van der Waals surface area contributed by atoms with E-state index in [1.54, 1.807) is 6.92 Å². The third-order valence-electron chi connectivity index (χ3n) is 3.34. The number of thioether (sulfide) groups is 1. The molecule has 0 aromatic heterocycles. The maximum Gasteiger partial charge on any atom is 0.325 e. The highest BCUT2D eigenvalue weighted by Crippen LogP contribution is 2.28. The van der Waals surface area contributed by atoms with Gasteiger partial charge in [0, 0.05) is 0 Å². The van der Waals surface area contributed by atoms with Crippen molar-refractivity contribution < 1.29 is 9.53 Å². The molecule has 0 aliphatic heterocycles. The Morgan fingerprint density at radius 3 is 2.71 bits per heavy atom. The van der Waals surface area contributed by atoms with Crippen molar-refractivity contribution in [3.8, 4) is 0 Å². The molecule has 0 saturated heterocycles. The minimum absolute atomic E-state index is 0.276. The lowest BCUT2D eigenvalue weighted by Gasteiger charge is -2.22. The standard InChI is InChI=1S/C13H25NO2S/c1-3-16-12(15)13(2,14)8-9-17-10-11-6-4-5-7-11/h11H,3-10,14H2,1-2H3. The summed E-state index contributed by atoms with van der Waals surface area (Å²) in [5.41, 5.74) is 5.13. The fourth-order valence-electron chi connectivity index (χ4n) is 2.11. The molecule has 17 heavy (non-hydrogen) atoms. The molecule has 0 radical (unpaired) electrons. The first-order valence-corrected chi connectivity index (χ1v) is 7.75. The number of nitrogens with two attached hydrogens (primary N) is 1. The van der Waals surface area contributed by atoms with E-state index >= 15 is 0 Å². The van der Waals surface area contributed by atoms with Crippen LogP contribution in [0.1, 0.15) is 46.0 Å². The average Bonchev–Trinajstić information content (AvgIpc) is 2.77. The van der Waals surface area contributed by atoms with E-state index in [1.807, 2.05) is 18.7 Å². The summed E-state index contributed by atoms with van der Waals surface area (Å²) in [4.78, 5) is 11.6. The van der Waals surface area contributed by atoms with E-state index in [9.17, 15) is 4.79 Å². The molecular formula is C13H25NO2S. The summed E-state index contributed by atoms with van der Waals surface area (Å²) in [6, 6.07) is 0. The van der Waals surface area contributed by atoms with Crippen molar-refractivity contribution in [2.45, 2.75) is 51.5 Å². The van der Waals surface area contributed by atoms with Gasteiger partial charge in [-0.1, -0.05) is 12.8 Å². The van der Waals surface area contributed by atoms with E-state index in [0.717, 1.165) is 11.7 Å². The maximum atomic E-state index is 11.6. The van der Waals surface area contributed by atoms with Crippen LogP contribution >= 0.6 is 11.8 Å². The number of carbonyl (C=O) groups excluding carboxylic acids is 1. The highest BCUT2D eigenvalue weighted by molar-refractivity contribution is 7.99. The number of esters is 1. The summed E-state index contributed by atoms with van der Waals surface area (Å²) in [5.74, 6) is 2.79. The summed E-state index contributed by atoms with van der Waals surface area (Å²) in [5, 5.41) is 0. The summed E-state index contributed by atoms with van der Waals surface area (Å²) in [6.45, 7) is 3.98. The number of hydrogen-bond donors (Lipinski definition) is 1. The summed E-state index contributed by atoms with van der Waals surface area (Å²) in [6.07, 6.45) is 6.24. The van der Waals surface area contributed by atoms with Crippen LogP contribution in [0.2, 0.25) is 0 Å². The second-order valence-electron chi connectivity index (χ2n) is 5.11. The number of hydrogen-bond acceptors (Lipinski definition) is 4. The van der Waals surface area contributed by atoms with Crippen molar-refractivity contribution in [1.82, 2.24) is 0 Å². The van der Waals surface area contributed by atoms with E-state index in [-0.39, 0.29) is 5.97 Å². The number of rotatable bonds is 7. The molecule has 0 amide bonds. The van der Waals surface area contributed by atoms with Crippen LogP contribution in [0.5, 0.6) is 0 Å². The molecule has 1 rings (SSSR count). The first-order valence-electron chi connectivity index (χ1n) is 6.60. The second-order valence-corrected chi connectivity index (χ2v) is 6.26. The fraction of sp³-hybridized carbons (Fsp3) is 0.923. The lowest BCUT2D eigenvalue weighted by Crippen LogP contribution is -2.46. The van der Waals surface area contributed by atoms with Crippen LogP contribution in [0, 0.1) is 5.92 Å². The maximum absolute atomic E-state index is 11.6. The molecule has 0 heterocycles. The van der Waals surface area contributed by atoms with Gasteiger partial charge in [-0.05, 0) is 50.5 Å². The van der Waals surface area contributed by atoms with Gasteiger partial charge in [0.05, 0.1) is 6.61 Å². The number of carbonyl (C=O) groups is 1. The Morgan fingerprint density at radius 2 is 2.12 bits per heavy atom. The molecule has 1 saturated carbocycles. The fourth-order valence-corrected chi connectivity index (χ4v) is 3.51. The Bertz CT molecular complexity index is 238. The molecule has 0 spiro atoms. The van der Waals surface area contributed by atoms with Gasteiger partial charge in [-0.15, -0.1) is 0 Å². The van der Waals surface area contributed by atoms with Crippen molar-refractivity contribution in [3.63, 3.8) is 0 Å². The smallest absolute Gasteiger partial charge is 0.325 e. The Hall–Kier alpha value is -0.220. The minimum Gasteiger partial charge on any atom is -0.465 e. The van der Waals surface area contributed by atoms with Crippen LogP contribution in [-0.4, -0.2) is 29.6 Å². The van der Waals surface area contributed by atoms with E-state index in [4.69, 9.17) is 10.5 Å². The zero-order valence-electron chi connectivity index (χ0n) is 11.0. The Morgan fingerprint density at radius 1 is 1.47 bits per heavy atom. The monoisotopic (exact) mass is 259 g/mol. The molecule has 1 aliphatic rings. The van der Waals surface area contributed by atoms with E-state index in [0.29, 0.717) is 13.0 Å². The Kier molecular flexibility index (Phi) is 6.34. The molecule has 100 valence electrons. The van der Waals surface area contributed by atoms with Crippen molar-refractivity contribution in [1.29, 1.82) is 0 Å². The zero-order valence-corrected chi connectivity index (χ0v) is 11.9. The lowest BCUT2D eigenvalue weighted by molar-refractivity contribution is -0.149. The second kappa shape index (κ2) is 7.27. The summed E-state index contributed by atoms with van der Waals surface area (Å²) >= 11 is 1.93. The van der Waals surface area contributed by atoms with Gasteiger partial charge >= 0.3 is 5.97 Å². The van der Waals surface area contributed by atoms with Crippen molar-refractivity contribution in [2.75, 3.05) is 18.1 Å². The van der Waals surface area contributed by atoms with Gasteiger partial charge in [-0.3, -0.25) is 4.79 Å². The normalized spacial score (nSPS) is 20.2. The molecule has 0 bridgehead atoms. The SMILES string of the molecule is CCOC(=O)C(C)(N)CCSCC1CCCC1. The molecule has 0 aromatic rings. The van der Waals surface area contributed by atoms with Gasteiger partial charge in [0.1, 0.15) is 5.54 Å². The molecule has 2 N–H and O–H groups in total. The first-order chi connectivity index (χ1) is 8.06. The molecular weight excluding hydrogens is 234 g/mol. The van der Waals surface area contributed by atoms with E-state index in [1.165, 1.54) is 31.4 Å². The quantitative estimate of drug-likeness (QED) is 0.564. The molecule has 1 unspecified atom stereocenters. The Labute approximate surface area is 109 Å². The van der Waals surface area contributed by atoms with Gasteiger partial charge in [0.25, 0.3) is 0 Å². The largest absolute Gasteiger partial charge is 0.465 e. The minimum atomic E-state index is -0.821. The van der Waals surface area contributed by atoms with Crippen molar-refractivity contribution in [3.05, 3.63) is 0 Å². The van der Waals surface area contributed by atoms with Gasteiger partial charge in [0.2, 0.25) is 0 Å². The van der Waals surface area contributed by atoms with Gasteiger partial charge in [0.15, 0.2) is 0 Å². The van der Waals surface area contributed by atoms with Crippen LogP contribution in [-0.2, 0) is 9.53 Å². The van der Waals surface area contributed by atoms with Crippen LogP contribution in [0.4, 0.5) is 0 Å². The van der Waals surface area contributed by atoms with Crippen LogP contribution in [0.25, 0.3) is 0 Å². The molecule has 1 fully saturated rings. The number of ether oxygens (including phenoxy) is 1. The molecule has 1 aliphatic carbocycles. The average molecular weight is 259 g/mol. The summed E-state index contributed by atoms with van der Waals surface area (Å²) in [7, 11) is 0. The van der Waals surface area contributed by atoms with E-state index in [2.05, 4.69) is 0 Å². The van der Waals surface area contributed by atoms with Crippen LogP contribution in [0.3, 0.4) is 0 Å². The highest BCUT2D eigenvalue weighted by atomic mass is 32.2. The van der Waals surface area contributed by atoms with Crippen molar-refractivity contribution in [2.24, 2.45) is 11.7 Å². The van der Waals surface area contributed by atoms with Crippen molar-refractivity contribution >= 4 is 17.7 Å². The Balaban J connectivity index is 2.13. The predicted molar refractivity (Wildman–Crippen MR) is 73.1 cm³/mol. The van der Waals surface area contributed by atoms with Gasteiger partial charge in [-0.2, -0.15) is 11.8 Å². The van der Waals surface area contributed by atoms with Gasteiger partial charge < -0.3 is 10.5 Å². The van der Waals surface area contributed by atoms with E-state index < -0.39 is 5.54 Å². The summed E-state index contributed by atoms with van der Waals surface area (Å²) < 4.78 is 4.96.